The normalized spacial score (nSPS) is 12.1. The Labute approximate surface area is 168 Å². The van der Waals surface area contributed by atoms with Crippen molar-refractivity contribution in [1.29, 1.82) is 0 Å². The number of nitrogens with zero attached hydrogens (tertiary/aromatic N) is 2. The summed E-state index contributed by atoms with van der Waals surface area (Å²) in [6.07, 6.45) is 0.569. The second-order valence-electron chi connectivity index (χ2n) is 7.05. The van der Waals surface area contributed by atoms with E-state index in [9.17, 15) is 4.79 Å². The highest BCUT2D eigenvalue weighted by molar-refractivity contribution is 5.91. The number of benzene rings is 2. The molecule has 29 heavy (non-hydrogen) atoms. The number of rotatable bonds is 6. The van der Waals surface area contributed by atoms with Crippen molar-refractivity contribution in [1.82, 2.24) is 20.4 Å². The van der Waals surface area contributed by atoms with Gasteiger partial charge in [-0.1, -0.05) is 23.4 Å². The van der Waals surface area contributed by atoms with Gasteiger partial charge < -0.3 is 19.6 Å². The number of ether oxygens (including phenoxy) is 1. The number of nitrogens with one attached hydrogen (secondary N) is 2. The van der Waals surface area contributed by atoms with Crippen LogP contribution in [0.25, 0.3) is 11.0 Å². The Bertz CT molecular complexity index is 1140. The number of fused-ring (bicyclic) bond motifs is 1. The fourth-order valence-electron chi connectivity index (χ4n) is 3.14. The SMILES string of the molecule is COc1ccc(Cc2cc(C(=O)NC(C)c3nc4ccc(C)cc4[nH]3)on2)cc1. The van der Waals surface area contributed by atoms with Crippen molar-refractivity contribution in [3.8, 4) is 5.75 Å². The highest BCUT2D eigenvalue weighted by Crippen LogP contribution is 2.18. The van der Waals surface area contributed by atoms with Gasteiger partial charge in [0.15, 0.2) is 0 Å². The van der Waals surface area contributed by atoms with Crippen molar-refractivity contribution in [3.63, 3.8) is 0 Å². The van der Waals surface area contributed by atoms with Crippen LogP contribution < -0.4 is 10.1 Å². The van der Waals surface area contributed by atoms with Crippen LogP contribution >= 0.6 is 0 Å². The number of H-pyrrole nitrogens is 1. The number of carbonyl (C=O) groups is 1. The highest BCUT2D eigenvalue weighted by atomic mass is 16.5. The number of aryl methyl sites for hydroxylation is 1. The van der Waals surface area contributed by atoms with Crippen LogP contribution in [-0.4, -0.2) is 28.1 Å². The van der Waals surface area contributed by atoms with E-state index in [1.165, 1.54) is 0 Å². The molecule has 7 heteroatoms. The van der Waals surface area contributed by atoms with E-state index in [0.717, 1.165) is 27.9 Å². The van der Waals surface area contributed by atoms with Crippen LogP contribution in [0.15, 0.2) is 53.1 Å². The van der Waals surface area contributed by atoms with Crippen molar-refractivity contribution in [3.05, 3.63) is 76.9 Å². The maximum atomic E-state index is 12.5. The van der Waals surface area contributed by atoms with Gasteiger partial charge in [-0.2, -0.15) is 0 Å². The number of amides is 1. The Hall–Kier alpha value is -3.61. The van der Waals surface area contributed by atoms with Crippen LogP contribution in [0.1, 0.15) is 46.2 Å². The Kier molecular flexibility index (Phi) is 5.03. The third-order valence-electron chi connectivity index (χ3n) is 4.74. The van der Waals surface area contributed by atoms with E-state index in [2.05, 4.69) is 20.4 Å². The summed E-state index contributed by atoms with van der Waals surface area (Å²) >= 11 is 0. The van der Waals surface area contributed by atoms with Crippen LogP contribution in [0.2, 0.25) is 0 Å². The summed E-state index contributed by atoms with van der Waals surface area (Å²) in [6.45, 7) is 3.90. The Balaban J connectivity index is 1.42. The van der Waals surface area contributed by atoms with Gasteiger partial charge in [0.05, 0.1) is 29.9 Å². The number of aromatic nitrogens is 3. The molecule has 1 unspecified atom stereocenters. The van der Waals surface area contributed by atoms with Crippen molar-refractivity contribution in [2.24, 2.45) is 0 Å². The van der Waals surface area contributed by atoms with Gasteiger partial charge in [-0.15, -0.1) is 0 Å². The van der Waals surface area contributed by atoms with E-state index in [0.29, 0.717) is 17.9 Å². The maximum absolute atomic E-state index is 12.5. The average molecular weight is 390 g/mol. The molecule has 2 aromatic carbocycles. The number of aromatic amines is 1. The first-order chi connectivity index (χ1) is 14.0. The lowest BCUT2D eigenvalue weighted by Crippen LogP contribution is -2.27. The predicted molar refractivity (Wildman–Crippen MR) is 109 cm³/mol. The molecule has 1 atom stereocenters. The zero-order valence-corrected chi connectivity index (χ0v) is 16.5. The molecule has 0 spiro atoms. The zero-order valence-electron chi connectivity index (χ0n) is 16.5. The standard InChI is InChI=1S/C22H22N4O3/c1-13-4-9-18-19(10-13)25-21(24-18)14(2)23-22(27)20-12-16(26-29-20)11-15-5-7-17(28-3)8-6-15/h4-10,12,14H,11H2,1-3H3,(H,23,27)(H,24,25). The van der Waals surface area contributed by atoms with Crippen molar-refractivity contribution >= 4 is 16.9 Å². The first kappa shape index (κ1) is 18.7. The smallest absolute Gasteiger partial charge is 0.290 e. The molecule has 0 aliphatic carbocycles. The third-order valence-corrected chi connectivity index (χ3v) is 4.74. The summed E-state index contributed by atoms with van der Waals surface area (Å²) in [4.78, 5) is 20.4. The second-order valence-corrected chi connectivity index (χ2v) is 7.05. The van der Waals surface area contributed by atoms with Crippen LogP contribution in [0.4, 0.5) is 0 Å². The Morgan fingerprint density at radius 1 is 1.21 bits per heavy atom. The molecule has 4 rings (SSSR count). The van der Waals surface area contributed by atoms with Crippen LogP contribution in [0.5, 0.6) is 5.75 Å². The Morgan fingerprint density at radius 3 is 2.76 bits per heavy atom. The lowest BCUT2D eigenvalue weighted by atomic mass is 10.1. The summed E-state index contributed by atoms with van der Waals surface area (Å²) in [5, 5.41) is 6.91. The largest absolute Gasteiger partial charge is 0.497 e. The van der Waals surface area contributed by atoms with Gasteiger partial charge in [-0.25, -0.2) is 4.98 Å². The lowest BCUT2D eigenvalue weighted by Gasteiger charge is -2.09. The van der Waals surface area contributed by atoms with Gasteiger partial charge in [-0.3, -0.25) is 4.79 Å². The van der Waals surface area contributed by atoms with E-state index < -0.39 is 0 Å². The first-order valence-corrected chi connectivity index (χ1v) is 9.37. The number of hydrogen-bond donors (Lipinski definition) is 2. The molecule has 0 aliphatic rings. The Morgan fingerprint density at radius 2 is 2.00 bits per heavy atom. The molecule has 7 nitrogen and oxygen atoms in total. The molecule has 0 saturated carbocycles. The van der Waals surface area contributed by atoms with E-state index in [1.807, 2.05) is 56.3 Å². The van der Waals surface area contributed by atoms with Gasteiger partial charge in [0.1, 0.15) is 11.6 Å². The number of imidazole rings is 1. The molecule has 0 radical (unpaired) electrons. The summed E-state index contributed by atoms with van der Waals surface area (Å²) in [6, 6.07) is 15.0. The summed E-state index contributed by atoms with van der Waals surface area (Å²) < 4.78 is 10.4. The van der Waals surface area contributed by atoms with Gasteiger partial charge in [0.25, 0.3) is 5.91 Å². The first-order valence-electron chi connectivity index (χ1n) is 9.37. The summed E-state index contributed by atoms with van der Waals surface area (Å²) in [5.74, 6) is 1.33. The number of methoxy groups -OCH3 is 1. The maximum Gasteiger partial charge on any atom is 0.290 e. The molecule has 0 aliphatic heterocycles. The van der Waals surface area contributed by atoms with Crippen LogP contribution in [-0.2, 0) is 6.42 Å². The highest BCUT2D eigenvalue weighted by Gasteiger charge is 2.18. The second kappa shape index (κ2) is 7.79. The lowest BCUT2D eigenvalue weighted by molar-refractivity contribution is 0.0901. The van der Waals surface area contributed by atoms with Crippen LogP contribution in [0, 0.1) is 6.92 Å². The minimum atomic E-state index is -0.331. The van der Waals surface area contributed by atoms with Crippen molar-refractivity contribution < 1.29 is 14.1 Å². The molecular weight excluding hydrogens is 368 g/mol. The summed E-state index contributed by atoms with van der Waals surface area (Å²) in [5.41, 5.74) is 4.70. The minimum absolute atomic E-state index is 0.173. The molecular formula is C22H22N4O3. The van der Waals surface area contributed by atoms with Crippen molar-refractivity contribution in [2.75, 3.05) is 7.11 Å². The molecule has 148 valence electrons. The molecule has 1 amide bonds. The molecule has 0 fully saturated rings. The molecule has 2 N–H and O–H groups in total. The van der Waals surface area contributed by atoms with Gasteiger partial charge in [0, 0.05) is 12.5 Å². The van der Waals surface area contributed by atoms with Gasteiger partial charge >= 0.3 is 0 Å². The number of hydrogen-bond acceptors (Lipinski definition) is 5. The summed E-state index contributed by atoms with van der Waals surface area (Å²) in [7, 11) is 1.63. The topological polar surface area (TPSA) is 93.0 Å². The van der Waals surface area contributed by atoms with E-state index in [-0.39, 0.29) is 17.7 Å². The molecule has 4 aromatic rings. The molecule has 2 heterocycles. The fourth-order valence-corrected chi connectivity index (χ4v) is 3.14. The number of carbonyl (C=O) groups excluding carboxylic acids is 1. The van der Waals surface area contributed by atoms with Gasteiger partial charge in [0.2, 0.25) is 5.76 Å². The fraction of sp³-hybridized carbons (Fsp3) is 0.227. The van der Waals surface area contributed by atoms with E-state index >= 15 is 0 Å². The molecule has 0 bridgehead atoms. The predicted octanol–water partition coefficient (Wildman–Crippen LogP) is 3.95. The quantitative estimate of drug-likeness (QED) is 0.520. The monoisotopic (exact) mass is 390 g/mol. The average Bonchev–Trinajstić information content (AvgIpc) is 3.35. The molecule has 0 saturated heterocycles. The van der Waals surface area contributed by atoms with E-state index in [4.69, 9.17) is 9.26 Å². The van der Waals surface area contributed by atoms with Gasteiger partial charge in [-0.05, 0) is 49.2 Å². The molecule has 2 aromatic heterocycles. The van der Waals surface area contributed by atoms with Crippen LogP contribution in [0.3, 0.4) is 0 Å². The zero-order chi connectivity index (χ0) is 20.4. The third kappa shape index (κ3) is 4.13. The minimum Gasteiger partial charge on any atom is -0.497 e. The van der Waals surface area contributed by atoms with E-state index in [1.54, 1.807) is 13.2 Å². The van der Waals surface area contributed by atoms with Crippen molar-refractivity contribution in [2.45, 2.75) is 26.3 Å².